The van der Waals surface area contributed by atoms with E-state index in [9.17, 15) is 4.79 Å². The maximum absolute atomic E-state index is 12.5. The van der Waals surface area contributed by atoms with Gasteiger partial charge in [-0.25, -0.2) is 0 Å². The van der Waals surface area contributed by atoms with E-state index in [4.69, 9.17) is 14.2 Å². The third kappa shape index (κ3) is 4.59. The number of hydrogen-bond donors (Lipinski definition) is 0. The quantitative estimate of drug-likeness (QED) is 0.702. The van der Waals surface area contributed by atoms with Crippen LogP contribution in [0, 0.1) is 17.8 Å². The molecule has 150 valence electrons. The third-order valence-electron chi connectivity index (χ3n) is 6.11. The number of carbonyl (C=O) groups excluding carboxylic acids is 1. The Balaban J connectivity index is 1.73. The molecule has 3 rings (SSSR count). The number of hydrogen-bond acceptors (Lipinski definition) is 4. The van der Waals surface area contributed by atoms with E-state index in [1.165, 1.54) is 17.5 Å². The van der Waals surface area contributed by atoms with Gasteiger partial charge in [-0.3, -0.25) is 4.79 Å². The number of esters is 1. The Kier molecular flexibility index (Phi) is 6.02. The standard InChI is InChI=1S/C23H34O4/c1-23(2,3)27-22(24)15-7-6-8-16-14-19-18(13-17(16)10-9-15)11-12-20(25-4)21(19)26-5/h11-12,15-17H,6-10,13-14H2,1-5H3/t15?,16-,17-/m1/s1. The highest BCUT2D eigenvalue weighted by Crippen LogP contribution is 2.44. The SMILES string of the molecule is COc1ccc2c(c1OC)C[C@H]1CCCC(C(=O)OC(C)(C)C)CC[C@@H]1C2. The molecule has 0 spiro atoms. The first-order valence-corrected chi connectivity index (χ1v) is 10.3. The average molecular weight is 375 g/mol. The minimum absolute atomic E-state index is 0.0106. The summed E-state index contributed by atoms with van der Waals surface area (Å²) < 4.78 is 16.8. The lowest BCUT2D eigenvalue weighted by atomic mass is 9.69. The van der Waals surface area contributed by atoms with Gasteiger partial charge in [0.25, 0.3) is 0 Å². The van der Waals surface area contributed by atoms with Crippen molar-refractivity contribution in [1.82, 2.24) is 0 Å². The van der Waals surface area contributed by atoms with Gasteiger partial charge in [-0.05, 0) is 82.8 Å². The highest BCUT2D eigenvalue weighted by Gasteiger charge is 2.35. The minimum Gasteiger partial charge on any atom is -0.493 e. The topological polar surface area (TPSA) is 44.8 Å². The Bertz CT molecular complexity index is 674. The van der Waals surface area contributed by atoms with E-state index >= 15 is 0 Å². The van der Waals surface area contributed by atoms with Crippen LogP contribution in [0.15, 0.2) is 12.1 Å². The summed E-state index contributed by atoms with van der Waals surface area (Å²) >= 11 is 0. The van der Waals surface area contributed by atoms with Gasteiger partial charge in [-0.2, -0.15) is 0 Å². The summed E-state index contributed by atoms with van der Waals surface area (Å²) in [6.07, 6.45) is 7.37. The zero-order valence-corrected chi connectivity index (χ0v) is 17.5. The summed E-state index contributed by atoms with van der Waals surface area (Å²) in [6, 6.07) is 4.21. The molecule has 1 saturated carbocycles. The van der Waals surface area contributed by atoms with E-state index in [1.807, 2.05) is 26.8 Å². The van der Waals surface area contributed by atoms with Gasteiger partial charge >= 0.3 is 5.97 Å². The molecule has 2 aliphatic carbocycles. The normalized spacial score (nSPS) is 25.4. The fraction of sp³-hybridized carbons (Fsp3) is 0.696. The number of carbonyl (C=O) groups is 1. The predicted octanol–water partition coefficient (Wildman–Crippen LogP) is 4.96. The Morgan fingerprint density at radius 1 is 0.963 bits per heavy atom. The Hall–Kier alpha value is -1.71. The molecule has 3 atom stereocenters. The van der Waals surface area contributed by atoms with Crippen molar-refractivity contribution in [3.8, 4) is 11.5 Å². The van der Waals surface area contributed by atoms with Crippen LogP contribution in [0.25, 0.3) is 0 Å². The molecule has 27 heavy (non-hydrogen) atoms. The molecule has 0 bridgehead atoms. The molecule has 0 N–H and O–H groups in total. The highest BCUT2D eigenvalue weighted by molar-refractivity contribution is 5.72. The fourth-order valence-corrected chi connectivity index (χ4v) is 4.81. The van der Waals surface area contributed by atoms with Crippen molar-refractivity contribution in [2.45, 2.75) is 71.3 Å². The zero-order valence-electron chi connectivity index (χ0n) is 17.5. The zero-order chi connectivity index (χ0) is 19.6. The number of ether oxygens (including phenoxy) is 3. The molecule has 1 fully saturated rings. The second-order valence-electron chi connectivity index (χ2n) is 9.11. The number of methoxy groups -OCH3 is 2. The molecule has 0 radical (unpaired) electrons. The number of benzene rings is 1. The van der Waals surface area contributed by atoms with Gasteiger partial charge < -0.3 is 14.2 Å². The molecule has 0 amide bonds. The number of rotatable bonds is 3. The van der Waals surface area contributed by atoms with Crippen molar-refractivity contribution in [3.05, 3.63) is 23.3 Å². The molecule has 0 aromatic heterocycles. The second kappa shape index (κ2) is 8.12. The first-order chi connectivity index (χ1) is 12.8. The van der Waals surface area contributed by atoms with E-state index in [-0.39, 0.29) is 11.9 Å². The molecule has 1 aromatic carbocycles. The Labute approximate surface area is 163 Å². The monoisotopic (exact) mass is 374 g/mol. The summed E-state index contributed by atoms with van der Waals surface area (Å²) in [5.74, 6) is 3.08. The molecule has 0 saturated heterocycles. The molecule has 1 unspecified atom stereocenters. The molecule has 0 aliphatic heterocycles. The fourth-order valence-electron chi connectivity index (χ4n) is 4.81. The van der Waals surface area contributed by atoms with Crippen molar-refractivity contribution in [3.63, 3.8) is 0 Å². The minimum atomic E-state index is -0.401. The van der Waals surface area contributed by atoms with Gasteiger partial charge in [0, 0.05) is 5.56 Å². The largest absolute Gasteiger partial charge is 0.493 e. The van der Waals surface area contributed by atoms with Crippen LogP contribution >= 0.6 is 0 Å². The molecule has 4 nitrogen and oxygen atoms in total. The van der Waals surface area contributed by atoms with E-state index in [2.05, 4.69) is 6.07 Å². The summed E-state index contributed by atoms with van der Waals surface area (Å²) in [5, 5.41) is 0. The lowest BCUT2D eigenvalue weighted by Crippen LogP contribution is -2.32. The lowest BCUT2D eigenvalue weighted by Gasteiger charge is -2.37. The molecule has 1 aromatic rings. The summed E-state index contributed by atoms with van der Waals surface area (Å²) in [6.45, 7) is 5.84. The van der Waals surface area contributed by atoms with E-state index in [0.29, 0.717) is 11.8 Å². The lowest BCUT2D eigenvalue weighted by molar-refractivity contribution is -0.161. The molecular formula is C23H34O4. The van der Waals surface area contributed by atoms with Crippen molar-refractivity contribution in [2.75, 3.05) is 14.2 Å². The summed E-state index contributed by atoms with van der Waals surface area (Å²) in [7, 11) is 3.43. The smallest absolute Gasteiger partial charge is 0.309 e. The molecular weight excluding hydrogens is 340 g/mol. The van der Waals surface area contributed by atoms with E-state index < -0.39 is 5.60 Å². The van der Waals surface area contributed by atoms with Gasteiger partial charge in [0.05, 0.1) is 20.1 Å². The Morgan fingerprint density at radius 3 is 2.37 bits per heavy atom. The van der Waals surface area contributed by atoms with Gasteiger partial charge in [-0.1, -0.05) is 12.5 Å². The highest BCUT2D eigenvalue weighted by atomic mass is 16.6. The maximum atomic E-state index is 12.5. The van der Waals surface area contributed by atoms with Crippen LogP contribution in [0.3, 0.4) is 0 Å². The van der Waals surface area contributed by atoms with Crippen LogP contribution < -0.4 is 9.47 Å². The number of fused-ring (bicyclic) bond motifs is 2. The third-order valence-corrected chi connectivity index (χ3v) is 6.11. The predicted molar refractivity (Wildman–Crippen MR) is 106 cm³/mol. The van der Waals surface area contributed by atoms with Crippen LogP contribution in [-0.2, 0) is 22.4 Å². The molecule has 4 heteroatoms. The van der Waals surface area contributed by atoms with Crippen LogP contribution in [0.1, 0.15) is 64.0 Å². The first-order valence-electron chi connectivity index (χ1n) is 10.3. The van der Waals surface area contributed by atoms with Crippen molar-refractivity contribution >= 4 is 5.97 Å². The first kappa shape index (κ1) is 20.0. The van der Waals surface area contributed by atoms with E-state index in [1.54, 1.807) is 14.2 Å². The molecule has 2 aliphatic rings. The van der Waals surface area contributed by atoms with Crippen molar-refractivity contribution in [2.24, 2.45) is 17.8 Å². The van der Waals surface area contributed by atoms with Crippen molar-refractivity contribution in [1.29, 1.82) is 0 Å². The van der Waals surface area contributed by atoms with E-state index in [0.717, 1.165) is 50.0 Å². The van der Waals surface area contributed by atoms with Crippen LogP contribution in [-0.4, -0.2) is 25.8 Å². The average Bonchev–Trinajstić information content (AvgIpc) is 2.59. The van der Waals surface area contributed by atoms with Gasteiger partial charge in [0.15, 0.2) is 11.5 Å². The van der Waals surface area contributed by atoms with Crippen LogP contribution in [0.4, 0.5) is 0 Å². The summed E-state index contributed by atoms with van der Waals surface area (Å²) in [5.41, 5.74) is 2.30. The van der Waals surface area contributed by atoms with Gasteiger partial charge in [0.2, 0.25) is 0 Å². The van der Waals surface area contributed by atoms with Crippen molar-refractivity contribution < 1.29 is 19.0 Å². The van der Waals surface area contributed by atoms with Crippen LogP contribution in [0.5, 0.6) is 11.5 Å². The van der Waals surface area contributed by atoms with Crippen LogP contribution in [0.2, 0.25) is 0 Å². The van der Waals surface area contributed by atoms with Gasteiger partial charge in [0.1, 0.15) is 5.60 Å². The second-order valence-corrected chi connectivity index (χ2v) is 9.11. The van der Waals surface area contributed by atoms with Gasteiger partial charge in [-0.15, -0.1) is 0 Å². The molecule has 0 heterocycles. The summed E-state index contributed by atoms with van der Waals surface area (Å²) in [4.78, 5) is 12.5. The Morgan fingerprint density at radius 2 is 1.70 bits per heavy atom. The maximum Gasteiger partial charge on any atom is 0.309 e.